The highest BCUT2D eigenvalue weighted by atomic mass is 16.4. The van der Waals surface area contributed by atoms with E-state index in [0.29, 0.717) is 17.5 Å². The van der Waals surface area contributed by atoms with Crippen LogP contribution in [0.15, 0.2) is 33.1 Å². The van der Waals surface area contributed by atoms with Gasteiger partial charge in [-0.2, -0.15) is 0 Å². The summed E-state index contributed by atoms with van der Waals surface area (Å²) in [6, 6.07) is 8.19. The Bertz CT molecular complexity index is 769. The van der Waals surface area contributed by atoms with Crippen molar-refractivity contribution in [2.75, 3.05) is 18.0 Å². The van der Waals surface area contributed by atoms with Crippen LogP contribution in [-0.4, -0.2) is 23.3 Å². The number of piperidine rings is 1. The summed E-state index contributed by atoms with van der Waals surface area (Å²) < 4.78 is 11.3. The predicted octanol–water partition coefficient (Wildman–Crippen LogP) is 3.78. The summed E-state index contributed by atoms with van der Waals surface area (Å²) in [5, 5.41) is 9.00. The number of anilines is 1. The van der Waals surface area contributed by atoms with E-state index in [1.807, 2.05) is 18.2 Å². The fourth-order valence-corrected chi connectivity index (χ4v) is 2.96. The number of hydrogen-bond donors (Lipinski definition) is 0. The van der Waals surface area contributed by atoms with Gasteiger partial charge in [-0.15, -0.1) is 10.2 Å². The first-order valence-corrected chi connectivity index (χ1v) is 7.39. The van der Waals surface area contributed by atoms with Gasteiger partial charge in [0.2, 0.25) is 5.89 Å². The van der Waals surface area contributed by atoms with Crippen LogP contribution in [0.1, 0.15) is 25.2 Å². The van der Waals surface area contributed by atoms with Crippen molar-refractivity contribution >= 4 is 16.7 Å². The zero-order valence-corrected chi connectivity index (χ0v) is 12.0. The lowest BCUT2D eigenvalue weighted by Crippen LogP contribution is -2.29. The zero-order valence-electron chi connectivity index (χ0n) is 12.0. The molecule has 2 aromatic heterocycles. The van der Waals surface area contributed by atoms with E-state index in [1.165, 1.54) is 24.9 Å². The number of fused-ring (bicyclic) bond motifs is 1. The molecule has 5 nitrogen and oxygen atoms in total. The third-order valence-corrected chi connectivity index (χ3v) is 3.97. The van der Waals surface area contributed by atoms with Crippen LogP contribution in [0.25, 0.3) is 22.6 Å². The molecule has 0 amide bonds. The quantitative estimate of drug-likeness (QED) is 0.716. The number of furan rings is 1. The number of hydrogen-bond acceptors (Lipinski definition) is 5. The predicted molar refractivity (Wildman–Crippen MR) is 80.3 cm³/mol. The zero-order chi connectivity index (χ0) is 14.2. The van der Waals surface area contributed by atoms with E-state index in [9.17, 15) is 0 Å². The molecule has 0 unspecified atom stereocenters. The molecule has 0 spiro atoms. The van der Waals surface area contributed by atoms with E-state index in [0.717, 1.165) is 24.1 Å². The Balaban J connectivity index is 1.80. The van der Waals surface area contributed by atoms with Gasteiger partial charge in [0.05, 0.1) is 0 Å². The van der Waals surface area contributed by atoms with Gasteiger partial charge in [-0.25, -0.2) is 0 Å². The SMILES string of the molecule is Cc1nnc(-c2cc3c(N4CCCCC4)cccc3o2)o1. The average Bonchev–Trinajstić information content (AvgIpc) is 3.13. The average molecular weight is 283 g/mol. The van der Waals surface area contributed by atoms with Gasteiger partial charge in [0.15, 0.2) is 5.76 Å². The van der Waals surface area contributed by atoms with Crippen molar-refractivity contribution in [2.45, 2.75) is 26.2 Å². The Morgan fingerprint density at radius 2 is 1.90 bits per heavy atom. The first-order valence-electron chi connectivity index (χ1n) is 7.39. The second-order valence-corrected chi connectivity index (χ2v) is 5.47. The molecule has 3 heterocycles. The Hall–Kier alpha value is -2.30. The molecule has 1 aliphatic heterocycles. The van der Waals surface area contributed by atoms with Gasteiger partial charge in [0.1, 0.15) is 5.58 Å². The van der Waals surface area contributed by atoms with Crippen LogP contribution in [0.2, 0.25) is 0 Å². The van der Waals surface area contributed by atoms with Gasteiger partial charge < -0.3 is 13.7 Å². The molecule has 21 heavy (non-hydrogen) atoms. The Morgan fingerprint density at radius 3 is 2.67 bits per heavy atom. The van der Waals surface area contributed by atoms with Gasteiger partial charge >= 0.3 is 0 Å². The molecule has 5 heteroatoms. The molecular weight excluding hydrogens is 266 g/mol. The molecule has 0 aliphatic carbocycles. The highest BCUT2D eigenvalue weighted by molar-refractivity contribution is 5.93. The summed E-state index contributed by atoms with van der Waals surface area (Å²) in [6.07, 6.45) is 3.83. The Kier molecular flexibility index (Phi) is 2.91. The van der Waals surface area contributed by atoms with Crippen molar-refractivity contribution in [1.82, 2.24) is 10.2 Å². The molecule has 4 rings (SSSR count). The maximum absolute atomic E-state index is 5.88. The number of nitrogens with zero attached hydrogens (tertiary/aromatic N) is 3. The van der Waals surface area contributed by atoms with Crippen molar-refractivity contribution in [3.05, 3.63) is 30.2 Å². The summed E-state index contributed by atoms with van der Waals surface area (Å²) in [7, 11) is 0. The second-order valence-electron chi connectivity index (χ2n) is 5.47. The van der Waals surface area contributed by atoms with Crippen LogP contribution >= 0.6 is 0 Å². The number of rotatable bonds is 2. The van der Waals surface area contributed by atoms with Crippen molar-refractivity contribution in [2.24, 2.45) is 0 Å². The van der Waals surface area contributed by atoms with Crippen LogP contribution < -0.4 is 4.90 Å². The topological polar surface area (TPSA) is 55.3 Å². The standard InChI is InChI=1S/C16H17N3O2/c1-11-17-18-16(20-11)15-10-12-13(6-5-7-14(12)21-15)19-8-3-2-4-9-19/h5-7,10H,2-4,8-9H2,1H3. The molecule has 1 fully saturated rings. The normalized spacial score (nSPS) is 15.8. The van der Waals surface area contributed by atoms with Crippen LogP contribution in [0.3, 0.4) is 0 Å². The molecule has 0 atom stereocenters. The van der Waals surface area contributed by atoms with Crippen molar-refractivity contribution in [3.63, 3.8) is 0 Å². The lowest BCUT2D eigenvalue weighted by Gasteiger charge is -2.29. The van der Waals surface area contributed by atoms with Crippen LogP contribution in [0.4, 0.5) is 5.69 Å². The third kappa shape index (κ3) is 2.18. The third-order valence-electron chi connectivity index (χ3n) is 3.97. The second kappa shape index (κ2) is 4.91. The Morgan fingerprint density at radius 1 is 1.05 bits per heavy atom. The largest absolute Gasteiger partial charge is 0.451 e. The number of aryl methyl sites for hydroxylation is 1. The first-order chi connectivity index (χ1) is 10.3. The van der Waals surface area contributed by atoms with E-state index >= 15 is 0 Å². The minimum absolute atomic E-state index is 0.438. The summed E-state index contributed by atoms with van der Waals surface area (Å²) in [6.45, 7) is 4.00. The monoisotopic (exact) mass is 283 g/mol. The molecule has 0 bridgehead atoms. The fraction of sp³-hybridized carbons (Fsp3) is 0.375. The van der Waals surface area contributed by atoms with Gasteiger partial charge in [-0.1, -0.05) is 6.07 Å². The van der Waals surface area contributed by atoms with E-state index in [-0.39, 0.29) is 0 Å². The highest BCUT2D eigenvalue weighted by Crippen LogP contribution is 2.34. The van der Waals surface area contributed by atoms with Crippen LogP contribution in [0.5, 0.6) is 0 Å². The van der Waals surface area contributed by atoms with Crippen molar-refractivity contribution in [1.29, 1.82) is 0 Å². The molecule has 1 saturated heterocycles. The molecule has 0 N–H and O–H groups in total. The molecule has 108 valence electrons. The molecule has 1 aromatic carbocycles. The maximum atomic E-state index is 5.88. The maximum Gasteiger partial charge on any atom is 0.283 e. The van der Waals surface area contributed by atoms with Gasteiger partial charge in [0.25, 0.3) is 5.89 Å². The highest BCUT2D eigenvalue weighted by Gasteiger charge is 2.18. The lowest BCUT2D eigenvalue weighted by molar-refractivity contribution is 0.507. The van der Waals surface area contributed by atoms with Gasteiger partial charge in [-0.3, -0.25) is 0 Å². The lowest BCUT2D eigenvalue weighted by atomic mass is 10.1. The smallest absolute Gasteiger partial charge is 0.283 e. The Labute approximate surface area is 122 Å². The summed E-state index contributed by atoms with van der Waals surface area (Å²) in [4.78, 5) is 2.43. The van der Waals surface area contributed by atoms with E-state index in [1.54, 1.807) is 6.92 Å². The number of aromatic nitrogens is 2. The summed E-state index contributed by atoms with van der Waals surface area (Å²) in [5.41, 5.74) is 2.10. The van der Waals surface area contributed by atoms with Crippen LogP contribution in [0, 0.1) is 6.92 Å². The summed E-state index contributed by atoms with van der Waals surface area (Å²) >= 11 is 0. The molecule has 0 saturated carbocycles. The minimum atomic E-state index is 0.438. The summed E-state index contributed by atoms with van der Waals surface area (Å²) in [5.74, 6) is 1.62. The van der Waals surface area contributed by atoms with Crippen molar-refractivity contribution < 1.29 is 8.83 Å². The fourth-order valence-electron chi connectivity index (χ4n) is 2.96. The number of benzene rings is 1. The first kappa shape index (κ1) is 12.4. The van der Waals surface area contributed by atoms with Crippen LogP contribution in [-0.2, 0) is 0 Å². The molecular formula is C16H17N3O2. The minimum Gasteiger partial charge on any atom is -0.451 e. The molecule has 1 aliphatic rings. The van der Waals surface area contributed by atoms with E-state index in [4.69, 9.17) is 8.83 Å². The van der Waals surface area contributed by atoms with E-state index in [2.05, 4.69) is 21.2 Å². The molecule has 0 radical (unpaired) electrons. The van der Waals surface area contributed by atoms with E-state index < -0.39 is 0 Å². The van der Waals surface area contributed by atoms with Gasteiger partial charge in [0, 0.05) is 31.1 Å². The molecule has 3 aromatic rings. The van der Waals surface area contributed by atoms with Gasteiger partial charge in [-0.05, 0) is 37.5 Å². The van der Waals surface area contributed by atoms with Crippen molar-refractivity contribution in [3.8, 4) is 11.7 Å².